The van der Waals surface area contributed by atoms with E-state index in [1.54, 1.807) is 17.0 Å². The topological polar surface area (TPSA) is 73.0 Å². The molecule has 0 saturated heterocycles. The number of ether oxygens (including phenoxy) is 1. The Kier molecular flexibility index (Phi) is 5.72. The summed E-state index contributed by atoms with van der Waals surface area (Å²) in [7, 11) is 0. The standard InChI is InChI=1S/C25H21BrClN5O2/c26-18-7-6-17(23(27)10-18)8-19-13-33-31-24(29-19)22-11-20-12-28-14-32(20)30-25(22)34-21-3-1-2-16(9-21)15-4-5-15/h1-3,6-7,9-12,14-15,19H,4-5,8,13H2,(H,29,31)/t19-/m1/s1. The van der Waals surface area contributed by atoms with Crippen molar-refractivity contribution in [3.63, 3.8) is 0 Å². The summed E-state index contributed by atoms with van der Waals surface area (Å²) in [6, 6.07) is 15.9. The van der Waals surface area contributed by atoms with Gasteiger partial charge in [0.05, 0.1) is 29.9 Å². The summed E-state index contributed by atoms with van der Waals surface area (Å²) in [5.74, 6) is 2.37. The lowest BCUT2D eigenvalue weighted by Gasteiger charge is -2.23. The number of nitrogens with zero attached hydrogens (tertiary/aromatic N) is 4. The van der Waals surface area contributed by atoms with Crippen LogP contribution in [0.1, 0.15) is 35.4 Å². The highest BCUT2D eigenvalue weighted by atomic mass is 79.9. The van der Waals surface area contributed by atoms with E-state index in [-0.39, 0.29) is 6.04 Å². The lowest BCUT2D eigenvalue weighted by molar-refractivity contribution is 0.0623. The van der Waals surface area contributed by atoms with Gasteiger partial charge in [-0.2, -0.15) is 0 Å². The van der Waals surface area contributed by atoms with Gasteiger partial charge in [-0.25, -0.2) is 15.0 Å². The van der Waals surface area contributed by atoms with E-state index in [4.69, 9.17) is 26.2 Å². The van der Waals surface area contributed by atoms with Gasteiger partial charge in [-0.05, 0) is 66.6 Å². The molecule has 7 nitrogen and oxygen atoms in total. The Morgan fingerprint density at radius 2 is 2.09 bits per heavy atom. The van der Waals surface area contributed by atoms with Crippen molar-refractivity contribution < 1.29 is 9.57 Å². The molecule has 0 spiro atoms. The van der Waals surface area contributed by atoms with Crippen molar-refractivity contribution in [1.82, 2.24) is 20.1 Å². The zero-order valence-corrected chi connectivity index (χ0v) is 20.5. The maximum Gasteiger partial charge on any atom is 0.248 e. The maximum atomic E-state index is 6.44. The predicted octanol–water partition coefficient (Wildman–Crippen LogP) is 5.71. The number of fused-ring (bicyclic) bond motifs is 1. The van der Waals surface area contributed by atoms with E-state index in [9.17, 15) is 0 Å². The van der Waals surface area contributed by atoms with Crippen LogP contribution < -0.4 is 10.2 Å². The molecule has 1 N–H and O–H groups in total. The fraction of sp³-hybridized carbons (Fsp3) is 0.240. The number of rotatable bonds is 6. The first-order chi connectivity index (χ1) is 16.6. The Bertz CT molecular complexity index is 1400. The summed E-state index contributed by atoms with van der Waals surface area (Å²) in [5, 5.41) is 5.36. The first-order valence-electron chi connectivity index (χ1n) is 11.1. The largest absolute Gasteiger partial charge is 0.437 e. The van der Waals surface area contributed by atoms with Gasteiger partial charge < -0.3 is 4.74 Å². The minimum atomic E-state index is -0.109. The molecule has 1 saturated carbocycles. The molecule has 1 fully saturated rings. The summed E-state index contributed by atoms with van der Waals surface area (Å²) in [4.78, 5) is 14.8. The molecular weight excluding hydrogens is 518 g/mol. The molecule has 0 unspecified atom stereocenters. The van der Waals surface area contributed by atoms with Crippen LogP contribution in [0.2, 0.25) is 5.02 Å². The van der Waals surface area contributed by atoms with Crippen molar-refractivity contribution in [2.45, 2.75) is 31.2 Å². The monoisotopic (exact) mass is 537 g/mol. The quantitative estimate of drug-likeness (QED) is 0.341. The Morgan fingerprint density at radius 3 is 2.94 bits per heavy atom. The predicted molar refractivity (Wildman–Crippen MR) is 134 cm³/mol. The third-order valence-corrected chi connectivity index (χ3v) is 6.82. The summed E-state index contributed by atoms with van der Waals surface area (Å²) in [6.45, 7) is 0.428. The number of halogens is 2. The Balaban J connectivity index is 1.34. The van der Waals surface area contributed by atoms with E-state index in [2.05, 4.69) is 43.6 Å². The van der Waals surface area contributed by atoms with Crippen LogP contribution in [-0.4, -0.2) is 33.1 Å². The molecule has 0 bridgehead atoms. The van der Waals surface area contributed by atoms with Crippen LogP contribution in [0.25, 0.3) is 5.52 Å². The Morgan fingerprint density at radius 1 is 1.18 bits per heavy atom. The van der Waals surface area contributed by atoms with Crippen molar-refractivity contribution in [2.24, 2.45) is 4.99 Å². The summed E-state index contributed by atoms with van der Waals surface area (Å²) < 4.78 is 8.91. The minimum Gasteiger partial charge on any atom is -0.437 e. The van der Waals surface area contributed by atoms with Gasteiger partial charge in [-0.1, -0.05) is 45.7 Å². The van der Waals surface area contributed by atoms with E-state index in [0.717, 1.165) is 21.3 Å². The number of aliphatic imine (C=N–C) groups is 1. The van der Waals surface area contributed by atoms with Crippen LogP contribution in [-0.2, 0) is 11.3 Å². The molecule has 4 aromatic rings. The molecule has 2 aromatic heterocycles. The van der Waals surface area contributed by atoms with Gasteiger partial charge in [0.1, 0.15) is 12.1 Å². The molecule has 172 valence electrons. The van der Waals surface area contributed by atoms with Gasteiger partial charge in [0.2, 0.25) is 5.88 Å². The molecule has 3 heterocycles. The lowest BCUT2D eigenvalue weighted by Crippen LogP contribution is -2.37. The van der Waals surface area contributed by atoms with Crippen molar-refractivity contribution in [1.29, 1.82) is 0 Å². The van der Waals surface area contributed by atoms with Gasteiger partial charge in [0.25, 0.3) is 0 Å². The van der Waals surface area contributed by atoms with E-state index in [1.165, 1.54) is 18.4 Å². The molecule has 1 atom stereocenters. The van der Waals surface area contributed by atoms with Crippen molar-refractivity contribution in [3.8, 4) is 11.6 Å². The Labute approximate surface area is 209 Å². The average Bonchev–Trinajstić information content (AvgIpc) is 3.59. The molecular formula is C25H21BrClN5O2. The number of imidazole rings is 1. The first kappa shape index (κ1) is 21.6. The smallest absolute Gasteiger partial charge is 0.248 e. The van der Waals surface area contributed by atoms with Crippen LogP contribution in [0.3, 0.4) is 0 Å². The van der Waals surface area contributed by atoms with Crippen LogP contribution in [0.15, 0.2) is 70.5 Å². The second-order valence-corrected chi connectivity index (χ2v) is 9.88. The SMILES string of the molecule is Clc1cc(Br)ccc1C[C@@H]1CONC(c2cc3cncn3nc2Oc2cccc(C3CC3)c2)=N1. The fourth-order valence-corrected chi connectivity index (χ4v) is 4.83. The normalized spacial score (nSPS) is 17.9. The number of hydrogen-bond donors (Lipinski definition) is 1. The van der Waals surface area contributed by atoms with Gasteiger partial charge in [0, 0.05) is 9.50 Å². The average molecular weight is 539 g/mol. The van der Waals surface area contributed by atoms with Crippen molar-refractivity contribution in [2.75, 3.05) is 6.61 Å². The Hall–Kier alpha value is -2.94. The zero-order chi connectivity index (χ0) is 23.1. The minimum absolute atomic E-state index is 0.109. The number of aromatic nitrogens is 3. The second-order valence-electron chi connectivity index (χ2n) is 8.56. The number of hydroxylamine groups is 1. The van der Waals surface area contributed by atoms with Crippen molar-refractivity contribution in [3.05, 3.63) is 87.2 Å². The zero-order valence-electron chi connectivity index (χ0n) is 18.1. The highest BCUT2D eigenvalue weighted by molar-refractivity contribution is 9.10. The molecule has 9 heteroatoms. The van der Waals surface area contributed by atoms with Gasteiger partial charge in [-0.15, -0.1) is 5.10 Å². The number of amidine groups is 1. The highest BCUT2D eigenvalue weighted by Crippen LogP contribution is 2.41. The third-order valence-electron chi connectivity index (χ3n) is 5.97. The number of nitrogens with one attached hydrogen (secondary N) is 1. The maximum absolute atomic E-state index is 6.44. The molecule has 34 heavy (non-hydrogen) atoms. The highest BCUT2D eigenvalue weighted by Gasteiger charge is 2.25. The van der Waals surface area contributed by atoms with Crippen LogP contribution in [0.4, 0.5) is 0 Å². The van der Waals surface area contributed by atoms with Gasteiger partial charge in [0.15, 0.2) is 5.84 Å². The molecule has 0 radical (unpaired) electrons. The number of benzene rings is 2. The fourth-order valence-electron chi connectivity index (χ4n) is 4.07. The van der Waals surface area contributed by atoms with E-state index in [1.807, 2.05) is 36.4 Å². The molecule has 2 aromatic carbocycles. The molecule has 0 amide bonds. The molecule has 6 rings (SSSR count). The van der Waals surface area contributed by atoms with E-state index >= 15 is 0 Å². The van der Waals surface area contributed by atoms with Crippen LogP contribution in [0.5, 0.6) is 11.6 Å². The van der Waals surface area contributed by atoms with Crippen molar-refractivity contribution >= 4 is 38.9 Å². The van der Waals surface area contributed by atoms with Crippen LogP contribution in [0, 0.1) is 0 Å². The molecule has 1 aliphatic carbocycles. The van der Waals surface area contributed by atoms with E-state index in [0.29, 0.717) is 41.2 Å². The summed E-state index contributed by atoms with van der Waals surface area (Å²) in [6.07, 6.45) is 6.51. The van der Waals surface area contributed by atoms with Gasteiger partial charge >= 0.3 is 0 Å². The summed E-state index contributed by atoms with van der Waals surface area (Å²) in [5.41, 5.74) is 6.80. The molecule has 2 aliphatic rings. The summed E-state index contributed by atoms with van der Waals surface area (Å²) >= 11 is 9.89. The van der Waals surface area contributed by atoms with Gasteiger partial charge in [-0.3, -0.25) is 9.83 Å². The molecule has 1 aliphatic heterocycles. The first-order valence-corrected chi connectivity index (χ1v) is 12.3. The third kappa shape index (κ3) is 4.53. The van der Waals surface area contributed by atoms with Crippen LogP contribution >= 0.6 is 27.5 Å². The number of hydrogen-bond acceptors (Lipinski definition) is 6. The van der Waals surface area contributed by atoms with E-state index < -0.39 is 0 Å². The lowest BCUT2D eigenvalue weighted by atomic mass is 10.1. The second kappa shape index (κ2) is 9.02.